The first-order valence-electron chi connectivity index (χ1n) is 5.85. The molecule has 2 aromatic rings. The molecule has 18 heavy (non-hydrogen) atoms. The minimum Gasteiger partial charge on any atom is -0.324 e. The van der Waals surface area contributed by atoms with Gasteiger partial charge < -0.3 is 10.3 Å². The van der Waals surface area contributed by atoms with E-state index in [1.807, 2.05) is 25.3 Å². The van der Waals surface area contributed by atoms with Gasteiger partial charge in [0.05, 0.1) is 12.1 Å². The van der Waals surface area contributed by atoms with E-state index in [9.17, 15) is 4.39 Å². The fourth-order valence-electron chi connectivity index (χ4n) is 1.97. The van der Waals surface area contributed by atoms with Gasteiger partial charge in [-0.05, 0) is 32.9 Å². The Hall–Kier alpha value is -1.75. The molecule has 0 aliphatic heterocycles. The molecule has 0 radical (unpaired) electrons. The lowest BCUT2D eigenvalue weighted by Gasteiger charge is -2.24. The van der Waals surface area contributed by atoms with Crippen LogP contribution in [0.25, 0.3) is 11.4 Å². The Balaban J connectivity index is 2.66. The van der Waals surface area contributed by atoms with E-state index in [4.69, 9.17) is 5.73 Å². The second-order valence-electron chi connectivity index (χ2n) is 5.13. The highest BCUT2D eigenvalue weighted by molar-refractivity contribution is 5.56. The van der Waals surface area contributed by atoms with Crippen LogP contribution in [0, 0.1) is 5.82 Å². The summed E-state index contributed by atoms with van der Waals surface area (Å²) in [6, 6.07) is 6.55. The third-order valence-electron chi connectivity index (χ3n) is 2.70. The summed E-state index contributed by atoms with van der Waals surface area (Å²) >= 11 is 0. The van der Waals surface area contributed by atoms with E-state index in [0.29, 0.717) is 17.2 Å². The van der Waals surface area contributed by atoms with Crippen LogP contribution < -0.4 is 5.73 Å². The van der Waals surface area contributed by atoms with Gasteiger partial charge in [-0.15, -0.1) is 10.2 Å². The fourth-order valence-corrected chi connectivity index (χ4v) is 1.97. The van der Waals surface area contributed by atoms with Crippen molar-refractivity contribution in [3.8, 4) is 11.4 Å². The number of rotatable bonds is 2. The number of nitrogens with zero attached hydrogens (tertiary/aromatic N) is 3. The molecule has 2 N–H and O–H groups in total. The van der Waals surface area contributed by atoms with E-state index in [2.05, 4.69) is 10.2 Å². The van der Waals surface area contributed by atoms with Crippen LogP contribution in [0.3, 0.4) is 0 Å². The third kappa shape index (κ3) is 2.13. The summed E-state index contributed by atoms with van der Waals surface area (Å²) in [7, 11) is 0. The summed E-state index contributed by atoms with van der Waals surface area (Å²) in [6.45, 7) is 6.32. The summed E-state index contributed by atoms with van der Waals surface area (Å²) in [5, 5.41) is 8.12. The van der Waals surface area contributed by atoms with Crippen LogP contribution in [-0.2, 0) is 12.1 Å². The van der Waals surface area contributed by atoms with Gasteiger partial charge in [0.15, 0.2) is 5.82 Å². The molecule has 0 unspecified atom stereocenters. The quantitative estimate of drug-likeness (QED) is 0.887. The molecule has 0 saturated carbocycles. The van der Waals surface area contributed by atoms with Crippen molar-refractivity contribution in [3.05, 3.63) is 35.9 Å². The number of aromatic nitrogens is 3. The lowest BCUT2D eigenvalue weighted by Crippen LogP contribution is -2.26. The third-order valence-corrected chi connectivity index (χ3v) is 2.70. The van der Waals surface area contributed by atoms with Crippen molar-refractivity contribution in [1.29, 1.82) is 0 Å². The Morgan fingerprint density at radius 1 is 1.22 bits per heavy atom. The highest BCUT2D eigenvalue weighted by Crippen LogP contribution is 2.27. The molecule has 0 bridgehead atoms. The van der Waals surface area contributed by atoms with E-state index in [-0.39, 0.29) is 17.9 Å². The topological polar surface area (TPSA) is 56.7 Å². The summed E-state index contributed by atoms with van der Waals surface area (Å²) < 4.78 is 15.7. The van der Waals surface area contributed by atoms with Crippen molar-refractivity contribution >= 4 is 0 Å². The van der Waals surface area contributed by atoms with Crippen molar-refractivity contribution in [2.75, 3.05) is 0 Å². The predicted molar refractivity (Wildman–Crippen MR) is 68.3 cm³/mol. The standard InChI is InChI=1S/C13H17FN4/c1-13(2,3)18-11(8-15)16-17-12(18)9-6-4-5-7-10(9)14/h4-7H,8,15H2,1-3H3. The molecule has 0 amide bonds. The Labute approximate surface area is 106 Å². The maximum Gasteiger partial charge on any atom is 0.167 e. The van der Waals surface area contributed by atoms with Crippen LogP contribution in [0.1, 0.15) is 26.6 Å². The molecule has 5 heteroatoms. The van der Waals surface area contributed by atoms with Crippen molar-refractivity contribution in [2.24, 2.45) is 5.73 Å². The zero-order valence-electron chi connectivity index (χ0n) is 10.8. The maximum absolute atomic E-state index is 13.8. The molecular formula is C13H17FN4. The summed E-state index contributed by atoms with van der Waals surface area (Å²) in [5.41, 5.74) is 5.85. The molecule has 4 nitrogen and oxygen atoms in total. The molecule has 0 atom stereocenters. The molecule has 0 saturated heterocycles. The normalized spacial score (nSPS) is 11.8. The zero-order valence-corrected chi connectivity index (χ0v) is 10.8. The van der Waals surface area contributed by atoms with Crippen molar-refractivity contribution in [2.45, 2.75) is 32.9 Å². The first-order chi connectivity index (χ1) is 8.45. The van der Waals surface area contributed by atoms with E-state index in [1.54, 1.807) is 18.2 Å². The van der Waals surface area contributed by atoms with Crippen molar-refractivity contribution < 1.29 is 4.39 Å². The second-order valence-corrected chi connectivity index (χ2v) is 5.13. The van der Waals surface area contributed by atoms with Crippen LogP contribution in [-0.4, -0.2) is 14.8 Å². The Morgan fingerprint density at radius 2 is 1.89 bits per heavy atom. The largest absolute Gasteiger partial charge is 0.324 e. The molecule has 1 aromatic carbocycles. The summed E-state index contributed by atoms with van der Waals surface area (Å²) in [4.78, 5) is 0. The minimum atomic E-state index is -0.307. The number of hydrogen-bond donors (Lipinski definition) is 1. The number of halogens is 1. The van der Waals surface area contributed by atoms with Crippen LogP contribution >= 0.6 is 0 Å². The van der Waals surface area contributed by atoms with E-state index < -0.39 is 0 Å². The summed E-state index contributed by atoms with van der Waals surface area (Å²) in [6.07, 6.45) is 0. The Morgan fingerprint density at radius 3 is 2.44 bits per heavy atom. The van der Waals surface area contributed by atoms with Crippen LogP contribution in [0.15, 0.2) is 24.3 Å². The number of nitrogens with two attached hydrogens (primary N) is 1. The average molecular weight is 248 g/mol. The lowest BCUT2D eigenvalue weighted by atomic mass is 10.1. The van der Waals surface area contributed by atoms with Gasteiger partial charge >= 0.3 is 0 Å². The Kier molecular flexibility index (Phi) is 3.17. The van der Waals surface area contributed by atoms with Gasteiger partial charge in [-0.1, -0.05) is 12.1 Å². The first-order valence-corrected chi connectivity index (χ1v) is 5.85. The highest BCUT2D eigenvalue weighted by Gasteiger charge is 2.24. The highest BCUT2D eigenvalue weighted by atomic mass is 19.1. The van der Waals surface area contributed by atoms with Gasteiger partial charge in [-0.2, -0.15) is 0 Å². The molecular weight excluding hydrogens is 231 g/mol. The summed E-state index contributed by atoms with van der Waals surface area (Å²) in [5.74, 6) is 0.862. The molecule has 1 heterocycles. The maximum atomic E-state index is 13.8. The molecule has 96 valence electrons. The van der Waals surface area contributed by atoms with Gasteiger partial charge in [0.25, 0.3) is 0 Å². The average Bonchev–Trinajstić information content (AvgIpc) is 2.73. The van der Waals surface area contributed by atoms with Crippen LogP contribution in [0.2, 0.25) is 0 Å². The van der Waals surface area contributed by atoms with Gasteiger partial charge in [0.2, 0.25) is 0 Å². The van der Waals surface area contributed by atoms with E-state index in [1.165, 1.54) is 6.07 Å². The SMILES string of the molecule is CC(C)(C)n1c(CN)nnc1-c1ccccc1F. The molecule has 0 spiro atoms. The lowest BCUT2D eigenvalue weighted by molar-refractivity contribution is 0.386. The predicted octanol–water partition coefficient (Wildman–Crippen LogP) is 2.30. The fraction of sp³-hybridized carbons (Fsp3) is 0.385. The van der Waals surface area contributed by atoms with Crippen LogP contribution in [0.5, 0.6) is 0 Å². The molecule has 0 fully saturated rings. The number of benzene rings is 1. The van der Waals surface area contributed by atoms with Gasteiger partial charge in [0.1, 0.15) is 11.6 Å². The smallest absolute Gasteiger partial charge is 0.167 e. The Bertz CT molecular complexity index is 554. The second kappa shape index (κ2) is 4.49. The van der Waals surface area contributed by atoms with Gasteiger partial charge in [-0.25, -0.2) is 4.39 Å². The molecule has 0 aliphatic rings. The monoisotopic (exact) mass is 248 g/mol. The van der Waals surface area contributed by atoms with Gasteiger partial charge in [-0.3, -0.25) is 0 Å². The molecule has 2 rings (SSSR count). The number of hydrogen-bond acceptors (Lipinski definition) is 3. The molecule has 1 aromatic heterocycles. The van der Waals surface area contributed by atoms with E-state index in [0.717, 1.165) is 0 Å². The van der Waals surface area contributed by atoms with Crippen molar-refractivity contribution in [3.63, 3.8) is 0 Å². The minimum absolute atomic E-state index is 0.254. The van der Waals surface area contributed by atoms with Crippen LogP contribution in [0.4, 0.5) is 4.39 Å². The van der Waals surface area contributed by atoms with E-state index >= 15 is 0 Å². The molecule has 0 aliphatic carbocycles. The first kappa shape index (κ1) is 12.7. The zero-order chi connectivity index (χ0) is 13.3. The van der Waals surface area contributed by atoms with Crippen molar-refractivity contribution in [1.82, 2.24) is 14.8 Å². The van der Waals surface area contributed by atoms with Gasteiger partial charge in [0, 0.05) is 5.54 Å².